The highest BCUT2D eigenvalue weighted by molar-refractivity contribution is 7.84. The van der Waals surface area contributed by atoms with Crippen molar-refractivity contribution in [1.29, 1.82) is 0 Å². The Labute approximate surface area is 179 Å². The number of fused-ring (bicyclic) bond motifs is 3. The van der Waals surface area contributed by atoms with E-state index in [0.29, 0.717) is 11.6 Å². The molecule has 1 aromatic carbocycles. The zero-order chi connectivity index (χ0) is 21.4. The standard InChI is InChI=1S/C22H29N5O2S/c1-14(23)22(26(2)24)16-11-18-21(25-12-16)20-17(5-4-6-19(20)30(3)28)27(18)13-15-7-9-29-10-8-15/h4-6,11-12,15H,7-10,13,23-24H2,1-3H3/b22-14-. The molecule has 0 radical (unpaired) electrons. The molecule has 0 bridgehead atoms. The number of hydrazine groups is 1. The van der Waals surface area contributed by atoms with Crippen LogP contribution in [0.5, 0.6) is 0 Å². The van der Waals surface area contributed by atoms with Crippen LogP contribution in [0.15, 0.2) is 41.1 Å². The van der Waals surface area contributed by atoms with Crippen molar-refractivity contribution in [2.45, 2.75) is 31.2 Å². The summed E-state index contributed by atoms with van der Waals surface area (Å²) < 4.78 is 20.3. The number of pyridine rings is 1. The molecule has 7 nitrogen and oxygen atoms in total. The molecule has 1 aliphatic heterocycles. The molecule has 8 heteroatoms. The van der Waals surface area contributed by atoms with Crippen LogP contribution < -0.4 is 11.6 Å². The van der Waals surface area contributed by atoms with Gasteiger partial charge in [0.15, 0.2) is 0 Å². The van der Waals surface area contributed by atoms with Gasteiger partial charge in [-0.1, -0.05) is 6.07 Å². The second-order valence-corrected chi connectivity index (χ2v) is 9.35. The molecule has 2 aromatic heterocycles. The summed E-state index contributed by atoms with van der Waals surface area (Å²) in [6, 6.07) is 8.09. The minimum absolute atomic E-state index is 0.528. The van der Waals surface area contributed by atoms with E-state index in [1.165, 1.54) is 5.01 Å². The molecule has 3 aromatic rings. The maximum absolute atomic E-state index is 12.5. The number of nitrogens with zero attached hydrogens (tertiary/aromatic N) is 3. The number of hydrogen-bond donors (Lipinski definition) is 2. The van der Waals surface area contributed by atoms with Crippen molar-refractivity contribution >= 4 is 38.4 Å². The number of rotatable bonds is 5. The first kappa shape index (κ1) is 20.8. The van der Waals surface area contributed by atoms with E-state index in [0.717, 1.165) is 70.7 Å². The largest absolute Gasteiger partial charge is 0.401 e. The number of hydrogen-bond acceptors (Lipinski definition) is 6. The highest BCUT2D eigenvalue weighted by atomic mass is 32.2. The third-order valence-corrected chi connectivity index (χ3v) is 6.74. The molecule has 1 unspecified atom stereocenters. The smallest absolute Gasteiger partial charge is 0.0972 e. The molecule has 160 valence electrons. The lowest BCUT2D eigenvalue weighted by atomic mass is 10.0. The first-order chi connectivity index (χ1) is 14.4. The maximum atomic E-state index is 12.5. The van der Waals surface area contributed by atoms with Crippen molar-refractivity contribution in [3.8, 4) is 0 Å². The molecule has 30 heavy (non-hydrogen) atoms. The summed E-state index contributed by atoms with van der Waals surface area (Å²) >= 11 is 0. The van der Waals surface area contributed by atoms with Crippen LogP contribution in [-0.2, 0) is 22.1 Å². The Balaban J connectivity index is 1.98. The van der Waals surface area contributed by atoms with Crippen LogP contribution in [0.3, 0.4) is 0 Å². The molecule has 0 amide bonds. The Morgan fingerprint density at radius 2 is 2.07 bits per heavy atom. The molecular formula is C22H29N5O2S. The van der Waals surface area contributed by atoms with Gasteiger partial charge in [-0.15, -0.1) is 0 Å². The van der Waals surface area contributed by atoms with Crippen LogP contribution in [0.2, 0.25) is 0 Å². The number of allylic oxidation sites excluding steroid dienone is 1. The van der Waals surface area contributed by atoms with Gasteiger partial charge in [0.1, 0.15) is 0 Å². The van der Waals surface area contributed by atoms with Gasteiger partial charge in [0.25, 0.3) is 0 Å². The normalized spacial score (nSPS) is 17.3. The molecular weight excluding hydrogens is 398 g/mol. The summed E-state index contributed by atoms with van der Waals surface area (Å²) in [7, 11) is 0.657. The van der Waals surface area contributed by atoms with Crippen LogP contribution >= 0.6 is 0 Å². The molecule has 3 heterocycles. The zero-order valence-corrected chi connectivity index (χ0v) is 18.5. The summed E-state index contributed by atoms with van der Waals surface area (Å²) in [6.45, 7) is 4.30. The van der Waals surface area contributed by atoms with Gasteiger partial charge >= 0.3 is 0 Å². The third-order valence-electron chi connectivity index (χ3n) is 5.78. The Morgan fingerprint density at radius 1 is 1.33 bits per heavy atom. The predicted molar refractivity (Wildman–Crippen MR) is 122 cm³/mol. The number of nitrogens with two attached hydrogens (primary N) is 2. The van der Waals surface area contributed by atoms with E-state index in [1.54, 1.807) is 19.5 Å². The van der Waals surface area contributed by atoms with Gasteiger partial charge in [-0.3, -0.25) is 9.19 Å². The van der Waals surface area contributed by atoms with Crippen LogP contribution in [0.4, 0.5) is 0 Å². The van der Waals surface area contributed by atoms with Gasteiger partial charge in [-0.25, -0.2) is 5.84 Å². The van der Waals surface area contributed by atoms with Crippen LogP contribution in [0, 0.1) is 5.92 Å². The first-order valence-electron chi connectivity index (χ1n) is 10.2. The molecule has 0 spiro atoms. The second-order valence-electron chi connectivity index (χ2n) is 8.01. The fourth-order valence-corrected chi connectivity index (χ4v) is 5.19. The SMILES string of the molecule is C/C(N)=C(\c1cnc2c3c(S(C)=O)cccc3n(CC3CCOCC3)c2c1)N(C)N. The molecule has 1 saturated heterocycles. The van der Waals surface area contributed by atoms with Crippen LogP contribution in [0.25, 0.3) is 27.6 Å². The average Bonchev–Trinajstić information content (AvgIpc) is 3.01. The average molecular weight is 428 g/mol. The summed E-state index contributed by atoms with van der Waals surface area (Å²) in [4.78, 5) is 5.61. The fourth-order valence-electron chi connectivity index (χ4n) is 4.43. The molecule has 0 aliphatic carbocycles. The lowest BCUT2D eigenvalue weighted by Crippen LogP contribution is -2.26. The Morgan fingerprint density at radius 3 is 2.70 bits per heavy atom. The van der Waals surface area contributed by atoms with Crippen LogP contribution in [0.1, 0.15) is 25.3 Å². The van der Waals surface area contributed by atoms with E-state index in [2.05, 4.69) is 16.7 Å². The molecule has 1 atom stereocenters. The van der Waals surface area contributed by atoms with E-state index in [4.69, 9.17) is 21.3 Å². The van der Waals surface area contributed by atoms with E-state index in [9.17, 15) is 4.21 Å². The van der Waals surface area contributed by atoms with Gasteiger partial charge in [0.05, 0.1) is 37.9 Å². The third kappa shape index (κ3) is 3.71. The van der Waals surface area contributed by atoms with Crippen molar-refractivity contribution < 1.29 is 8.95 Å². The van der Waals surface area contributed by atoms with Gasteiger partial charge in [0.2, 0.25) is 0 Å². The first-order valence-corrected chi connectivity index (χ1v) is 11.7. The van der Waals surface area contributed by atoms with Gasteiger partial charge in [0, 0.05) is 55.9 Å². The van der Waals surface area contributed by atoms with Crippen molar-refractivity contribution in [3.63, 3.8) is 0 Å². The molecule has 4 N–H and O–H groups in total. The molecule has 1 fully saturated rings. The van der Waals surface area contributed by atoms with Crippen molar-refractivity contribution in [1.82, 2.24) is 14.6 Å². The van der Waals surface area contributed by atoms with Crippen molar-refractivity contribution in [2.24, 2.45) is 17.5 Å². The monoisotopic (exact) mass is 427 g/mol. The summed E-state index contributed by atoms with van der Waals surface area (Å²) in [5.74, 6) is 6.58. The minimum Gasteiger partial charge on any atom is -0.401 e. The van der Waals surface area contributed by atoms with E-state index >= 15 is 0 Å². The second kappa shape index (κ2) is 8.37. The Bertz CT molecular complexity index is 1140. The fraction of sp³-hybridized carbons (Fsp3) is 0.409. The Kier molecular flexibility index (Phi) is 5.81. The molecule has 4 rings (SSSR count). The van der Waals surface area contributed by atoms with Crippen LogP contribution in [-0.4, -0.2) is 45.3 Å². The van der Waals surface area contributed by atoms with E-state index < -0.39 is 10.8 Å². The minimum atomic E-state index is -1.11. The molecule has 0 saturated carbocycles. The summed E-state index contributed by atoms with van der Waals surface area (Å²) in [5, 5.41) is 2.49. The number of benzene rings is 1. The van der Waals surface area contributed by atoms with Crippen molar-refractivity contribution in [3.05, 3.63) is 41.7 Å². The quantitative estimate of drug-likeness (QED) is 0.480. The lowest BCUT2D eigenvalue weighted by Gasteiger charge is -2.23. The van der Waals surface area contributed by atoms with E-state index in [-0.39, 0.29) is 0 Å². The summed E-state index contributed by atoms with van der Waals surface area (Å²) in [5.41, 5.74) is 11.3. The van der Waals surface area contributed by atoms with E-state index in [1.807, 2.05) is 19.1 Å². The maximum Gasteiger partial charge on any atom is 0.0972 e. The molecule has 1 aliphatic rings. The highest BCUT2D eigenvalue weighted by Crippen LogP contribution is 2.35. The lowest BCUT2D eigenvalue weighted by molar-refractivity contribution is 0.0620. The Hall–Kier alpha value is -2.42. The highest BCUT2D eigenvalue weighted by Gasteiger charge is 2.22. The predicted octanol–water partition coefficient (Wildman–Crippen LogP) is 2.81. The number of aromatic nitrogens is 2. The summed E-state index contributed by atoms with van der Waals surface area (Å²) in [6.07, 6.45) is 5.58. The van der Waals surface area contributed by atoms with Gasteiger partial charge in [-0.05, 0) is 43.9 Å². The van der Waals surface area contributed by atoms with Gasteiger partial charge < -0.3 is 20.0 Å². The zero-order valence-electron chi connectivity index (χ0n) is 17.7. The van der Waals surface area contributed by atoms with Gasteiger partial charge in [-0.2, -0.15) is 0 Å². The van der Waals surface area contributed by atoms with Crippen molar-refractivity contribution in [2.75, 3.05) is 26.5 Å². The number of ether oxygens (including phenoxy) is 1. The topological polar surface area (TPSA) is 99.4 Å².